The van der Waals surface area contributed by atoms with Crippen molar-refractivity contribution in [1.82, 2.24) is 9.21 Å². The zero-order valence-corrected chi connectivity index (χ0v) is 20.6. The Morgan fingerprint density at radius 2 is 1.61 bits per heavy atom. The first kappa shape index (κ1) is 24.4. The van der Waals surface area contributed by atoms with Crippen LogP contribution in [-0.4, -0.2) is 43.5 Å². The van der Waals surface area contributed by atoms with Crippen LogP contribution in [0.1, 0.15) is 67.6 Å². The Hall–Kier alpha value is -1.76. The summed E-state index contributed by atoms with van der Waals surface area (Å²) in [4.78, 5) is 2.43. The number of sulfonamides is 1. The van der Waals surface area contributed by atoms with Crippen molar-refractivity contribution in [2.24, 2.45) is 5.92 Å². The van der Waals surface area contributed by atoms with E-state index in [4.69, 9.17) is 0 Å². The molecule has 4 rings (SSSR count). The van der Waals surface area contributed by atoms with Gasteiger partial charge in [-0.3, -0.25) is 4.90 Å². The molecule has 0 aromatic heterocycles. The summed E-state index contributed by atoms with van der Waals surface area (Å²) < 4.78 is 40.2. The molecule has 0 spiro atoms. The number of hydrogen-bond donors (Lipinski definition) is 0. The van der Waals surface area contributed by atoms with Gasteiger partial charge in [0, 0.05) is 19.6 Å². The summed E-state index contributed by atoms with van der Waals surface area (Å²) in [6.45, 7) is 3.95. The van der Waals surface area contributed by atoms with Gasteiger partial charge in [-0.05, 0) is 79.4 Å². The predicted molar refractivity (Wildman–Crippen MR) is 132 cm³/mol. The first-order valence-corrected chi connectivity index (χ1v) is 14.2. The van der Waals surface area contributed by atoms with Crippen molar-refractivity contribution in [2.75, 3.05) is 25.9 Å². The number of halogens is 1. The molecule has 2 fully saturated rings. The first-order valence-electron chi connectivity index (χ1n) is 12.4. The molecule has 1 aliphatic carbocycles. The zero-order chi connectivity index (χ0) is 23.3. The molecule has 33 heavy (non-hydrogen) atoms. The molecular formula is C27H37FN2O2S. The van der Waals surface area contributed by atoms with Crippen LogP contribution < -0.4 is 0 Å². The second-order valence-electron chi connectivity index (χ2n) is 9.94. The Kier molecular flexibility index (Phi) is 8.20. The Morgan fingerprint density at radius 3 is 2.27 bits per heavy atom. The third-order valence-electron chi connectivity index (χ3n) is 7.40. The van der Waals surface area contributed by atoms with Crippen LogP contribution in [-0.2, 0) is 23.1 Å². The summed E-state index contributed by atoms with van der Waals surface area (Å²) in [6.07, 6.45) is 9.45. The summed E-state index contributed by atoms with van der Waals surface area (Å²) in [5.74, 6) is 0.734. The van der Waals surface area contributed by atoms with Crippen LogP contribution in [0.2, 0.25) is 0 Å². The van der Waals surface area contributed by atoms with Crippen molar-refractivity contribution >= 4 is 10.0 Å². The molecule has 1 aliphatic heterocycles. The van der Waals surface area contributed by atoms with E-state index in [0.29, 0.717) is 24.9 Å². The largest absolute Gasteiger partial charge is 0.299 e. The SMILES string of the molecule is CS(=O)(=O)N(Cc1ccccc1C1CCN(Cc2ccc(F)cc2)CC1)CC1CCCCC1. The molecule has 1 heterocycles. The van der Waals surface area contributed by atoms with Crippen LogP contribution in [0.3, 0.4) is 0 Å². The van der Waals surface area contributed by atoms with Crippen LogP contribution in [0.25, 0.3) is 0 Å². The molecule has 2 aliphatic rings. The maximum absolute atomic E-state index is 13.2. The molecule has 4 nitrogen and oxygen atoms in total. The maximum Gasteiger partial charge on any atom is 0.211 e. The first-order chi connectivity index (χ1) is 15.9. The molecule has 1 saturated carbocycles. The number of piperidine rings is 1. The molecule has 1 saturated heterocycles. The molecular weight excluding hydrogens is 435 g/mol. The van der Waals surface area contributed by atoms with E-state index in [0.717, 1.165) is 56.4 Å². The van der Waals surface area contributed by atoms with Gasteiger partial charge < -0.3 is 0 Å². The molecule has 0 unspecified atom stereocenters. The summed E-state index contributed by atoms with van der Waals surface area (Å²) in [7, 11) is -3.26. The highest BCUT2D eigenvalue weighted by Gasteiger charge is 2.27. The van der Waals surface area contributed by atoms with Crippen LogP contribution in [0.15, 0.2) is 48.5 Å². The summed E-state index contributed by atoms with van der Waals surface area (Å²) in [6, 6.07) is 15.2. The van der Waals surface area contributed by atoms with Crippen LogP contribution in [0.5, 0.6) is 0 Å². The summed E-state index contributed by atoms with van der Waals surface area (Å²) in [5.41, 5.74) is 3.59. The molecule has 2 aromatic carbocycles. The van der Waals surface area contributed by atoms with Gasteiger partial charge in [0.2, 0.25) is 10.0 Å². The normalized spacial score (nSPS) is 19.2. The van der Waals surface area contributed by atoms with Gasteiger partial charge in [-0.25, -0.2) is 12.8 Å². The minimum Gasteiger partial charge on any atom is -0.299 e. The molecule has 6 heteroatoms. The van der Waals surface area contributed by atoms with Gasteiger partial charge in [-0.1, -0.05) is 55.7 Å². The van der Waals surface area contributed by atoms with Gasteiger partial charge in [0.25, 0.3) is 0 Å². The van der Waals surface area contributed by atoms with E-state index in [-0.39, 0.29) is 5.82 Å². The predicted octanol–water partition coefficient (Wildman–Crippen LogP) is 5.55. The highest BCUT2D eigenvalue weighted by atomic mass is 32.2. The quantitative estimate of drug-likeness (QED) is 0.506. The fraction of sp³-hybridized carbons (Fsp3) is 0.556. The molecule has 0 radical (unpaired) electrons. The van der Waals surface area contributed by atoms with Gasteiger partial charge >= 0.3 is 0 Å². The Labute approximate surface area is 198 Å². The van der Waals surface area contributed by atoms with Crippen molar-refractivity contribution < 1.29 is 12.8 Å². The Morgan fingerprint density at radius 1 is 0.939 bits per heavy atom. The van der Waals surface area contributed by atoms with E-state index in [9.17, 15) is 12.8 Å². The van der Waals surface area contributed by atoms with Crippen LogP contribution >= 0.6 is 0 Å². The molecule has 0 atom stereocenters. The molecule has 0 amide bonds. The van der Waals surface area contributed by atoms with Crippen molar-refractivity contribution in [2.45, 2.75) is 64.0 Å². The summed E-state index contributed by atoms with van der Waals surface area (Å²) in [5, 5.41) is 0. The zero-order valence-electron chi connectivity index (χ0n) is 19.8. The van der Waals surface area contributed by atoms with Crippen LogP contribution in [0.4, 0.5) is 4.39 Å². The van der Waals surface area contributed by atoms with Gasteiger partial charge in [0.15, 0.2) is 0 Å². The number of nitrogens with zero attached hydrogens (tertiary/aromatic N) is 2. The second-order valence-corrected chi connectivity index (χ2v) is 11.9. The van der Waals surface area contributed by atoms with Gasteiger partial charge in [0.05, 0.1) is 6.26 Å². The lowest BCUT2D eigenvalue weighted by atomic mass is 9.86. The lowest BCUT2D eigenvalue weighted by Gasteiger charge is -2.34. The minimum atomic E-state index is -3.26. The average molecular weight is 473 g/mol. The third kappa shape index (κ3) is 6.87. The van der Waals surface area contributed by atoms with Gasteiger partial charge in [0.1, 0.15) is 5.82 Å². The number of hydrogen-bond acceptors (Lipinski definition) is 3. The van der Waals surface area contributed by atoms with Crippen molar-refractivity contribution in [1.29, 1.82) is 0 Å². The smallest absolute Gasteiger partial charge is 0.211 e. The number of benzene rings is 2. The van der Waals surface area contributed by atoms with E-state index in [2.05, 4.69) is 23.1 Å². The van der Waals surface area contributed by atoms with Gasteiger partial charge in [-0.15, -0.1) is 0 Å². The van der Waals surface area contributed by atoms with E-state index >= 15 is 0 Å². The second kappa shape index (κ2) is 11.1. The van der Waals surface area contributed by atoms with Gasteiger partial charge in [-0.2, -0.15) is 4.31 Å². The molecule has 180 valence electrons. The van der Waals surface area contributed by atoms with Crippen LogP contribution in [0, 0.1) is 11.7 Å². The van der Waals surface area contributed by atoms with Crippen molar-refractivity contribution in [3.63, 3.8) is 0 Å². The fourth-order valence-electron chi connectivity index (χ4n) is 5.49. The van der Waals surface area contributed by atoms with Crippen molar-refractivity contribution in [3.8, 4) is 0 Å². The Balaban J connectivity index is 1.40. The average Bonchev–Trinajstić information content (AvgIpc) is 2.81. The Bertz CT molecular complexity index is 995. The molecule has 0 N–H and O–H groups in total. The molecule has 2 aromatic rings. The number of rotatable bonds is 8. The topological polar surface area (TPSA) is 40.6 Å². The third-order valence-corrected chi connectivity index (χ3v) is 8.62. The molecule has 0 bridgehead atoms. The highest BCUT2D eigenvalue weighted by molar-refractivity contribution is 7.88. The van der Waals surface area contributed by atoms with Crippen molar-refractivity contribution in [3.05, 3.63) is 71.0 Å². The lowest BCUT2D eigenvalue weighted by molar-refractivity contribution is 0.204. The fourth-order valence-corrected chi connectivity index (χ4v) is 6.35. The minimum absolute atomic E-state index is 0.194. The van der Waals surface area contributed by atoms with E-state index in [1.165, 1.54) is 43.2 Å². The van der Waals surface area contributed by atoms with E-state index < -0.39 is 10.0 Å². The standard InChI is InChI=1S/C27H37FN2O2S/c1-33(31,32)30(20-22-7-3-2-4-8-22)21-25-9-5-6-10-27(25)24-15-17-29(18-16-24)19-23-11-13-26(28)14-12-23/h5-6,9-14,22,24H,2-4,7-8,15-21H2,1H3. The van der Waals surface area contributed by atoms with E-state index in [1.54, 1.807) is 4.31 Å². The lowest BCUT2D eigenvalue weighted by Crippen LogP contribution is -2.36. The van der Waals surface area contributed by atoms with E-state index in [1.807, 2.05) is 18.2 Å². The summed E-state index contributed by atoms with van der Waals surface area (Å²) >= 11 is 0. The monoisotopic (exact) mass is 472 g/mol. The highest BCUT2D eigenvalue weighted by Crippen LogP contribution is 2.32. The maximum atomic E-state index is 13.2. The number of likely N-dealkylation sites (tertiary alicyclic amines) is 1.